The van der Waals surface area contributed by atoms with Crippen molar-refractivity contribution in [1.82, 2.24) is 25.1 Å². The lowest BCUT2D eigenvalue weighted by molar-refractivity contribution is -0.133. The van der Waals surface area contributed by atoms with Crippen LogP contribution in [-0.4, -0.2) is 114 Å². The number of anilines is 2. The standard InChI is InChI=1S/C38H48FN7O5S/c39-31-18-29(19-33-36(31)38(49)42-34(41-33)23-52-30-9-15-50-16-10-30)51-22-24-7-11-44(12-8-24)13-14-45-20-27-17-28(21-45)46(27)26-3-1-25(2-4-26)40-32-5-6-35(47)43-37(32)48/h1-4,18-19,24,27-28,30,32,40H,5-17,20-23H2,(H,41,42,49)(H,43,47,48). The number of fused-ring (bicyclic) bond motifs is 3. The third-order valence-electron chi connectivity index (χ3n) is 11.3. The smallest absolute Gasteiger partial charge is 0.261 e. The van der Waals surface area contributed by atoms with E-state index in [0.717, 1.165) is 83.9 Å². The van der Waals surface area contributed by atoms with Gasteiger partial charge in [0, 0.05) is 86.7 Å². The molecule has 0 saturated carbocycles. The molecule has 7 heterocycles. The quantitative estimate of drug-likeness (QED) is 0.235. The summed E-state index contributed by atoms with van der Waals surface area (Å²) in [6.45, 7) is 8.35. The highest BCUT2D eigenvalue weighted by molar-refractivity contribution is 7.99. The second kappa shape index (κ2) is 15.7. The first kappa shape index (κ1) is 35.3. The maximum absolute atomic E-state index is 15.0. The molecule has 2 aromatic carbocycles. The summed E-state index contributed by atoms with van der Waals surface area (Å²) in [5.74, 6) is 0.891. The van der Waals surface area contributed by atoms with Crippen molar-refractivity contribution in [2.24, 2.45) is 5.92 Å². The molecule has 3 aromatic rings. The number of hydrogen-bond donors (Lipinski definition) is 3. The number of piperidine rings is 3. The van der Waals surface area contributed by atoms with Crippen LogP contribution >= 0.6 is 11.8 Å². The van der Waals surface area contributed by atoms with Gasteiger partial charge in [-0.3, -0.25) is 24.6 Å². The number of carbonyl (C=O) groups is 2. The number of aromatic nitrogens is 2. The summed E-state index contributed by atoms with van der Waals surface area (Å²) in [7, 11) is 0. The highest BCUT2D eigenvalue weighted by Gasteiger charge is 2.44. The van der Waals surface area contributed by atoms with Crippen molar-refractivity contribution in [2.45, 2.75) is 74.1 Å². The van der Waals surface area contributed by atoms with Gasteiger partial charge in [-0.2, -0.15) is 11.8 Å². The maximum atomic E-state index is 15.0. The zero-order valence-corrected chi connectivity index (χ0v) is 30.3. The molecule has 0 radical (unpaired) electrons. The van der Waals surface area contributed by atoms with E-state index >= 15 is 4.39 Å². The number of amides is 2. The summed E-state index contributed by atoms with van der Waals surface area (Å²) in [6.07, 6.45) is 6.15. The number of ether oxygens (including phenoxy) is 2. The van der Waals surface area contributed by atoms with Crippen molar-refractivity contribution in [3.63, 3.8) is 0 Å². The Morgan fingerprint density at radius 3 is 2.46 bits per heavy atom. The minimum absolute atomic E-state index is 0.0190. The normalized spacial score (nSPS) is 24.9. The first-order chi connectivity index (χ1) is 25.3. The van der Waals surface area contributed by atoms with E-state index in [1.165, 1.54) is 18.2 Å². The van der Waals surface area contributed by atoms with E-state index in [1.54, 1.807) is 17.8 Å². The molecule has 3 N–H and O–H groups in total. The number of aromatic amines is 1. The number of nitrogens with one attached hydrogen (secondary N) is 3. The van der Waals surface area contributed by atoms with Gasteiger partial charge in [0.1, 0.15) is 28.8 Å². The van der Waals surface area contributed by atoms with Gasteiger partial charge in [-0.05, 0) is 81.8 Å². The van der Waals surface area contributed by atoms with Crippen LogP contribution in [-0.2, 0) is 20.1 Å². The highest BCUT2D eigenvalue weighted by Crippen LogP contribution is 2.37. The zero-order valence-electron chi connectivity index (χ0n) is 29.5. The fourth-order valence-corrected chi connectivity index (χ4v) is 9.43. The molecule has 3 atom stereocenters. The van der Waals surface area contributed by atoms with E-state index < -0.39 is 11.4 Å². The molecule has 0 aliphatic carbocycles. The molecule has 6 fully saturated rings. The van der Waals surface area contributed by atoms with Crippen LogP contribution in [0.3, 0.4) is 0 Å². The van der Waals surface area contributed by atoms with Crippen LogP contribution in [0.2, 0.25) is 0 Å². The molecule has 6 aliphatic rings. The number of piperazine rings is 1. The zero-order chi connectivity index (χ0) is 35.6. The summed E-state index contributed by atoms with van der Waals surface area (Å²) in [6, 6.07) is 12.0. The summed E-state index contributed by atoms with van der Waals surface area (Å²) >= 11 is 1.76. The number of rotatable bonds is 12. The molecule has 0 spiro atoms. The third kappa shape index (κ3) is 8.09. The van der Waals surface area contributed by atoms with Crippen LogP contribution in [0.15, 0.2) is 41.2 Å². The number of imide groups is 1. The molecule has 52 heavy (non-hydrogen) atoms. The molecule has 6 aliphatic heterocycles. The molecular formula is C38H48FN7O5S. The second-order valence-corrected chi connectivity index (χ2v) is 16.2. The average molecular weight is 734 g/mol. The Balaban J connectivity index is 0.760. The fourth-order valence-electron chi connectivity index (χ4n) is 8.38. The van der Waals surface area contributed by atoms with Gasteiger partial charge in [0.15, 0.2) is 0 Å². The van der Waals surface area contributed by atoms with Crippen molar-refractivity contribution < 1.29 is 23.5 Å². The molecule has 278 valence electrons. The van der Waals surface area contributed by atoms with Crippen molar-refractivity contribution in [3.8, 4) is 5.75 Å². The molecule has 2 amide bonds. The summed E-state index contributed by atoms with van der Waals surface area (Å²) in [4.78, 5) is 51.3. The number of thioether (sulfide) groups is 1. The SMILES string of the molecule is O=C1CCC(Nc2ccc(N3C4CC3CN(CCN3CCC(COc5cc(F)c6c(=O)[nH]c(CSC7CCOCC7)nc6c5)CC3)C4)cc2)C(=O)N1. The van der Waals surface area contributed by atoms with Gasteiger partial charge >= 0.3 is 0 Å². The lowest BCUT2D eigenvalue weighted by Crippen LogP contribution is -2.69. The maximum Gasteiger partial charge on any atom is 0.261 e. The van der Waals surface area contributed by atoms with Gasteiger partial charge < -0.3 is 29.6 Å². The predicted molar refractivity (Wildman–Crippen MR) is 199 cm³/mol. The van der Waals surface area contributed by atoms with Crippen molar-refractivity contribution in [2.75, 3.05) is 69.3 Å². The summed E-state index contributed by atoms with van der Waals surface area (Å²) in [5.41, 5.74) is 2.01. The van der Waals surface area contributed by atoms with E-state index in [4.69, 9.17) is 9.47 Å². The number of H-pyrrole nitrogens is 1. The lowest BCUT2D eigenvalue weighted by Gasteiger charge is -2.58. The Labute approximate surface area is 307 Å². The number of carbonyl (C=O) groups excluding carboxylic acids is 2. The number of hydrogen-bond acceptors (Lipinski definition) is 11. The van der Waals surface area contributed by atoms with Crippen LogP contribution in [0.25, 0.3) is 10.9 Å². The predicted octanol–water partition coefficient (Wildman–Crippen LogP) is 3.75. The van der Waals surface area contributed by atoms with Crippen LogP contribution < -0.4 is 25.8 Å². The highest BCUT2D eigenvalue weighted by atomic mass is 32.2. The molecule has 2 bridgehead atoms. The van der Waals surface area contributed by atoms with Gasteiger partial charge in [0.25, 0.3) is 5.56 Å². The van der Waals surface area contributed by atoms with Gasteiger partial charge in [-0.25, -0.2) is 9.37 Å². The van der Waals surface area contributed by atoms with Gasteiger partial charge in [0.2, 0.25) is 11.8 Å². The van der Waals surface area contributed by atoms with Crippen LogP contribution in [0.4, 0.5) is 15.8 Å². The Hall–Kier alpha value is -3.72. The molecule has 1 aromatic heterocycles. The largest absolute Gasteiger partial charge is 0.493 e. The molecule has 3 unspecified atom stereocenters. The molecule has 14 heteroatoms. The Morgan fingerprint density at radius 1 is 0.962 bits per heavy atom. The molecule has 9 rings (SSSR count). The van der Waals surface area contributed by atoms with Crippen LogP contribution in [0, 0.1) is 11.7 Å². The molecule has 6 saturated heterocycles. The van der Waals surface area contributed by atoms with E-state index in [2.05, 4.69) is 47.4 Å². The first-order valence-corrected chi connectivity index (χ1v) is 19.9. The first-order valence-electron chi connectivity index (χ1n) is 18.8. The van der Waals surface area contributed by atoms with E-state index in [1.807, 2.05) is 12.1 Å². The summed E-state index contributed by atoms with van der Waals surface area (Å²) in [5, 5.41) is 6.13. The third-order valence-corrected chi connectivity index (χ3v) is 12.7. The van der Waals surface area contributed by atoms with Gasteiger partial charge in [0.05, 0.1) is 17.9 Å². The second-order valence-electron chi connectivity index (χ2n) is 14.9. The topological polar surface area (TPSA) is 132 Å². The number of halogens is 1. The van der Waals surface area contributed by atoms with E-state index in [-0.39, 0.29) is 23.2 Å². The Morgan fingerprint density at radius 2 is 1.71 bits per heavy atom. The van der Waals surface area contributed by atoms with Crippen molar-refractivity contribution in [1.29, 1.82) is 0 Å². The van der Waals surface area contributed by atoms with Crippen molar-refractivity contribution >= 4 is 45.9 Å². The van der Waals surface area contributed by atoms with Crippen molar-refractivity contribution in [3.05, 3.63) is 58.4 Å². The van der Waals surface area contributed by atoms with Gasteiger partial charge in [-0.15, -0.1) is 0 Å². The minimum Gasteiger partial charge on any atom is -0.493 e. The fraction of sp³-hybridized carbons (Fsp3) is 0.579. The van der Waals surface area contributed by atoms with Crippen LogP contribution in [0.5, 0.6) is 5.75 Å². The number of benzene rings is 2. The summed E-state index contributed by atoms with van der Waals surface area (Å²) < 4.78 is 26.6. The van der Waals surface area contributed by atoms with Gasteiger partial charge in [-0.1, -0.05) is 0 Å². The van der Waals surface area contributed by atoms with Crippen LogP contribution in [0.1, 0.15) is 50.8 Å². The average Bonchev–Trinajstić information content (AvgIpc) is 3.15. The molecule has 12 nitrogen and oxygen atoms in total. The monoisotopic (exact) mass is 733 g/mol. The van der Waals surface area contributed by atoms with E-state index in [9.17, 15) is 14.4 Å². The Kier molecular flexibility index (Phi) is 10.7. The minimum atomic E-state index is -0.601. The molecular weight excluding hydrogens is 686 g/mol. The number of nitrogens with zero attached hydrogens (tertiary/aromatic N) is 4. The lowest BCUT2D eigenvalue weighted by atomic mass is 9.86. The number of likely N-dealkylation sites (tertiary alicyclic amines) is 1. The van der Waals surface area contributed by atoms with E-state index in [0.29, 0.717) is 65.5 Å². The Bertz CT molecular complexity index is 1800.